The van der Waals surface area contributed by atoms with Crippen molar-refractivity contribution in [2.24, 2.45) is 10.7 Å². The number of rotatable bonds is 5. The molecule has 0 saturated heterocycles. The largest absolute Gasteiger partial charge is 0.454 e. The fourth-order valence-electron chi connectivity index (χ4n) is 2.09. The maximum Gasteiger partial charge on any atom is 0.284 e. The van der Waals surface area contributed by atoms with Gasteiger partial charge in [0, 0.05) is 20.6 Å². The number of nitrogens with one attached hydrogen (secondary N) is 1. The van der Waals surface area contributed by atoms with E-state index in [9.17, 15) is 4.79 Å². The van der Waals surface area contributed by atoms with E-state index in [4.69, 9.17) is 10.2 Å². The standard InChI is InChI=1S/C16H20N4O2/c1-18-16(20(2)11-12-6-4-3-5-7-12)19-10-13-8-9-14(22-13)15(17)21/h3-9H,10-11H2,1-2H3,(H2,17,21)(H,18,19). The highest BCUT2D eigenvalue weighted by atomic mass is 16.3. The molecule has 6 heteroatoms. The van der Waals surface area contributed by atoms with Crippen molar-refractivity contribution in [2.45, 2.75) is 13.1 Å². The van der Waals surface area contributed by atoms with Crippen LogP contribution in [0.5, 0.6) is 0 Å². The van der Waals surface area contributed by atoms with E-state index >= 15 is 0 Å². The summed E-state index contributed by atoms with van der Waals surface area (Å²) in [6.45, 7) is 1.17. The second-order valence-electron chi connectivity index (χ2n) is 4.87. The van der Waals surface area contributed by atoms with Crippen LogP contribution in [0.15, 0.2) is 51.9 Å². The van der Waals surface area contributed by atoms with Gasteiger partial charge in [-0.2, -0.15) is 0 Å². The van der Waals surface area contributed by atoms with E-state index in [0.717, 1.165) is 12.5 Å². The molecular weight excluding hydrogens is 280 g/mol. The summed E-state index contributed by atoms with van der Waals surface area (Å²) in [6, 6.07) is 13.4. The maximum absolute atomic E-state index is 11.0. The Bertz CT molecular complexity index is 649. The first-order valence-corrected chi connectivity index (χ1v) is 6.94. The van der Waals surface area contributed by atoms with Crippen LogP contribution in [0.2, 0.25) is 0 Å². The molecule has 0 atom stereocenters. The van der Waals surface area contributed by atoms with Gasteiger partial charge in [0.15, 0.2) is 11.7 Å². The average Bonchev–Trinajstić information content (AvgIpc) is 2.98. The molecule has 1 aromatic carbocycles. The molecule has 2 aromatic rings. The monoisotopic (exact) mass is 300 g/mol. The number of amides is 1. The van der Waals surface area contributed by atoms with Crippen molar-refractivity contribution in [1.29, 1.82) is 0 Å². The van der Waals surface area contributed by atoms with Crippen LogP contribution in [0.3, 0.4) is 0 Å². The molecule has 3 N–H and O–H groups in total. The first kappa shape index (κ1) is 15.6. The molecule has 2 rings (SSSR count). The van der Waals surface area contributed by atoms with Crippen molar-refractivity contribution >= 4 is 11.9 Å². The summed E-state index contributed by atoms with van der Waals surface area (Å²) in [7, 11) is 3.68. The number of nitrogens with zero attached hydrogens (tertiary/aromatic N) is 2. The zero-order valence-corrected chi connectivity index (χ0v) is 12.7. The summed E-state index contributed by atoms with van der Waals surface area (Å²) in [5.41, 5.74) is 6.35. The molecule has 0 unspecified atom stereocenters. The molecule has 116 valence electrons. The first-order valence-electron chi connectivity index (χ1n) is 6.94. The third-order valence-corrected chi connectivity index (χ3v) is 3.16. The molecule has 1 heterocycles. The zero-order valence-electron chi connectivity index (χ0n) is 12.7. The van der Waals surface area contributed by atoms with Gasteiger partial charge in [-0.15, -0.1) is 0 Å². The summed E-state index contributed by atoms with van der Waals surface area (Å²) >= 11 is 0. The van der Waals surface area contributed by atoms with Crippen molar-refractivity contribution in [2.75, 3.05) is 14.1 Å². The third kappa shape index (κ3) is 4.12. The number of carbonyl (C=O) groups is 1. The molecule has 0 saturated carbocycles. The van der Waals surface area contributed by atoms with Crippen LogP contribution < -0.4 is 11.1 Å². The highest BCUT2D eigenvalue weighted by Crippen LogP contribution is 2.07. The van der Waals surface area contributed by atoms with Crippen LogP contribution in [0.25, 0.3) is 0 Å². The smallest absolute Gasteiger partial charge is 0.284 e. The third-order valence-electron chi connectivity index (χ3n) is 3.16. The number of carbonyl (C=O) groups excluding carboxylic acids is 1. The van der Waals surface area contributed by atoms with Gasteiger partial charge in [-0.1, -0.05) is 30.3 Å². The number of hydrogen-bond donors (Lipinski definition) is 2. The van der Waals surface area contributed by atoms with Gasteiger partial charge in [-0.25, -0.2) is 0 Å². The van der Waals surface area contributed by atoms with E-state index in [2.05, 4.69) is 22.4 Å². The lowest BCUT2D eigenvalue weighted by molar-refractivity contribution is 0.0972. The summed E-state index contributed by atoms with van der Waals surface area (Å²) in [4.78, 5) is 17.2. The summed E-state index contributed by atoms with van der Waals surface area (Å²) in [5, 5.41) is 3.19. The second-order valence-corrected chi connectivity index (χ2v) is 4.87. The van der Waals surface area contributed by atoms with Crippen LogP contribution in [0.4, 0.5) is 0 Å². The Hall–Kier alpha value is -2.76. The highest BCUT2D eigenvalue weighted by molar-refractivity contribution is 5.89. The normalized spacial score (nSPS) is 11.3. The SMILES string of the molecule is CN=C(NCc1ccc(C(N)=O)o1)N(C)Cc1ccccc1. The van der Waals surface area contributed by atoms with E-state index in [0.29, 0.717) is 12.3 Å². The van der Waals surface area contributed by atoms with Gasteiger partial charge in [0.2, 0.25) is 0 Å². The number of benzene rings is 1. The summed E-state index contributed by atoms with van der Waals surface area (Å²) < 4.78 is 5.33. The predicted octanol–water partition coefficient (Wildman–Crippen LogP) is 1.59. The minimum atomic E-state index is -0.572. The van der Waals surface area contributed by atoms with E-state index < -0.39 is 5.91 Å². The topological polar surface area (TPSA) is 83.9 Å². The van der Waals surface area contributed by atoms with E-state index in [1.54, 1.807) is 19.2 Å². The lowest BCUT2D eigenvalue weighted by Crippen LogP contribution is -2.37. The highest BCUT2D eigenvalue weighted by Gasteiger charge is 2.10. The predicted molar refractivity (Wildman–Crippen MR) is 85.3 cm³/mol. The molecule has 22 heavy (non-hydrogen) atoms. The molecule has 0 aliphatic heterocycles. The van der Waals surface area contributed by atoms with Crippen LogP contribution in [-0.2, 0) is 13.1 Å². The molecular formula is C16H20N4O2. The number of aliphatic imine (C=N–C) groups is 1. The molecule has 0 fully saturated rings. The molecule has 0 aliphatic carbocycles. The molecule has 0 aliphatic rings. The zero-order chi connectivity index (χ0) is 15.9. The molecule has 6 nitrogen and oxygen atoms in total. The lowest BCUT2D eigenvalue weighted by atomic mass is 10.2. The van der Waals surface area contributed by atoms with Crippen LogP contribution in [-0.4, -0.2) is 30.9 Å². The van der Waals surface area contributed by atoms with Gasteiger partial charge in [-0.05, 0) is 17.7 Å². The lowest BCUT2D eigenvalue weighted by Gasteiger charge is -2.21. The van der Waals surface area contributed by atoms with Crippen molar-refractivity contribution in [3.8, 4) is 0 Å². The quantitative estimate of drug-likeness (QED) is 0.649. The number of nitrogens with two attached hydrogens (primary N) is 1. The van der Waals surface area contributed by atoms with Crippen molar-refractivity contribution in [1.82, 2.24) is 10.2 Å². The molecule has 0 bridgehead atoms. The number of primary amides is 1. The molecule has 0 radical (unpaired) electrons. The van der Waals surface area contributed by atoms with Crippen molar-refractivity contribution < 1.29 is 9.21 Å². The number of hydrogen-bond acceptors (Lipinski definition) is 3. The Morgan fingerprint density at radius 1 is 1.27 bits per heavy atom. The average molecular weight is 300 g/mol. The number of furan rings is 1. The summed E-state index contributed by atoms with van der Waals surface area (Å²) in [5.74, 6) is 0.949. The van der Waals surface area contributed by atoms with Gasteiger partial charge in [-0.3, -0.25) is 9.79 Å². The second kappa shape index (κ2) is 7.31. The van der Waals surface area contributed by atoms with Gasteiger partial charge < -0.3 is 20.4 Å². The van der Waals surface area contributed by atoms with E-state index in [1.807, 2.05) is 30.1 Å². The van der Waals surface area contributed by atoms with Crippen LogP contribution in [0.1, 0.15) is 21.9 Å². The molecule has 1 aromatic heterocycles. The Kier molecular flexibility index (Phi) is 5.19. The van der Waals surface area contributed by atoms with E-state index in [1.165, 1.54) is 5.56 Å². The Morgan fingerprint density at radius 3 is 2.59 bits per heavy atom. The van der Waals surface area contributed by atoms with Gasteiger partial charge in [0.05, 0.1) is 6.54 Å². The van der Waals surface area contributed by atoms with Crippen LogP contribution >= 0.6 is 0 Å². The fourth-order valence-corrected chi connectivity index (χ4v) is 2.09. The Balaban J connectivity index is 1.92. The minimum absolute atomic E-state index is 0.157. The number of guanidine groups is 1. The van der Waals surface area contributed by atoms with Gasteiger partial charge in [0.1, 0.15) is 5.76 Å². The summed E-state index contributed by atoms with van der Waals surface area (Å²) in [6.07, 6.45) is 0. The van der Waals surface area contributed by atoms with Gasteiger partial charge >= 0.3 is 0 Å². The minimum Gasteiger partial charge on any atom is -0.454 e. The Labute approximate surface area is 129 Å². The van der Waals surface area contributed by atoms with E-state index in [-0.39, 0.29) is 5.76 Å². The fraction of sp³-hybridized carbons (Fsp3) is 0.250. The molecule has 0 spiro atoms. The molecule has 1 amide bonds. The van der Waals surface area contributed by atoms with Crippen molar-refractivity contribution in [3.63, 3.8) is 0 Å². The Morgan fingerprint density at radius 2 is 2.00 bits per heavy atom. The first-order chi connectivity index (χ1) is 10.6. The van der Waals surface area contributed by atoms with Gasteiger partial charge in [0.25, 0.3) is 5.91 Å². The maximum atomic E-state index is 11.0. The van der Waals surface area contributed by atoms with Crippen molar-refractivity contribution in [3.05, 3.63) is 59.5 Å². The van der Waals surface area contributed by atoms with Crippen LogP contribution in [0, 0.1) is 0 Å².